The number of carbonyl (C=O) groups is 1. The Kier molecular flexibility index (Phi) is 1.84. The Hall–Kier alpha value is -1.71. The fourth-order valence-corrected chi connectivity index (χ4v) is 1.27. The van der Waals surface area contributed by atoms with Gasteiger partial charge in [-0.1, -0.05) is 35.5 Å². The largest absolute Gasteiger partial charge is 0.377 e. The van der Waals surface area contributed by atoms with Gasteiger partial charge in [-0.15, -0.1) is 0 Å². The van der Waals surface area contributed by atoms with E-state index in [1.54, 1.807) is 30.3 Å². The van der Waals surface area contributed by atoms with Crippen LogP contribution >= 0.6 is 0 Å². The van der Waals surface area contributed by atoms with Gasteiger partial charge in [0.15, 0.2) is 0 Å². The molecule has 2 rings (SSSR count). The Morgan fingerprint density at radius 1 is 1.36 bits per heavy atom. The van der Waals surface area contributed by atoms with Crippen LogP contribution in [0.2, 0.25) is 0 Å². The van der Waals surface area contributed by atoms with Crippen molar-refractivity contribution >= 4 is 11.7 Å². The van der Waals surface area contributed by atoms with Crippen molar-refractivity contribution in [1.29, 1.82) is 0 Å². The molecule has 4 heteroatoms. The van der Waals surface area contributed by atoms with Gasteiger partial charge in [-0.25, -0.2) is 9.18 Å². The first kappa shape index (κ1) is 8.87. The van der Waals surface area contributed by atoms with E-state index in [-0.39, 0.29) is 5.71 Å². The van der Waals surface area contributed by atoms with Crippen LogP contribution in [0.5, 0.6) is 0 Å². The lowest BCUT2D eigenvalue weighted by Crippen LogP contribution is -2.35. The minimum Gasteiger partial charge on any atom is -0.314 e. The molecule has 1 aromatic rings. The van der Waals surface area contributed by atoms with Crippen molar-refractivity contribution in [3.63, 3.8) is 0 Å². The maximum Gasteiger partial charge on any atom is 0.377 e. The number of halogens is 1. The molecule has 0 amide bonds. The van der Waals surface area contributed by atoms with Crippen molar-refractivity contribution < 1.29 is 14.0 Å². The van der Waals surface area contributed by atoms with Crippen molar-refractivity contribution in [2.24, 2.45) is 5.16 Å². The highest BCUT2D eigenvalue weighted by atomic mass is 19.1. The number of carbonyl (C=O) groups excluding carboxylic acids is 1. The minimum atomic E-state index is -2.14. The molecule has 0 aliphatic carbocycles. The van der Waals surface area contributed by atoms with E-state index in [1.807, 2.05) is 0 Å². The summed E-state index contributed by atoms with van der Waals surface area (Å²) >= 11 is 0. The van der Waals surface area contributed by atoms with Crippen molar-refractivity contribution in [3.05, 3.63) is 35.9 Å². The van der Waals surface area contributed by atoms with Gasteiger partial charge >= 0.3 is 5.97 Å². The highest BCUT2D eigenvalue weighted by molar-refractivity contribution is 6.20. The monoisotopic (exact) mass is 193 g/mol. The van der Waals surface area contributed by atoms with Crippen molar-refractivity contribution in [2.75, 3.05) is 0 Å². The predicted octanol–water partition coefficient (Wildman–Crippen LogP) is 1.68. The Labute approximate surface area is 80.2 Å². The van der Waals surface area contributed by atoms with Gasteiger partial charge in [0.1, 0.15) is 5.71 Å². The summed E-state index contributed by atoms with van der Waals surface area (Å²) in [5.74, 6) is -0.962. The standard InChI is InChI=1S/C10H8FNO2/c1-10(11)8(12-14-9(10)13)7-5-3-2-4-6-7/h2-6H,1H3/t10-/m1/s1. The first-order valence-corrected chi connectivity index (χ1v) is 4.16. The first-order chi connectivity index (χ1) is 6.62. The van der Waals surface area contributed by atoms with E-state index >= 15 is 0 Å². The van der Waals surface area contributed by atoms with Crippen molar-refractivity contribution in [3.8, 4) is 0 Å². The first-order valence-electron chi connectivity index (χ1n) is 4.16. The van der Waals surface area contributed by atoms with E-state index in [0.29, 0.717) is 5.56 Å². The van der Waals surface area contributed by atoms with Gasteiger partial charge in [0.25, 0.3) is 5.67 Å². The van der Waals surface area contributed by atoms with Gasteiger partial charge in [0.05, 0.1) is 0 Å². The zero-order valence-corrected chi connectivity index (χ0v) is 7.53. The Morgan fingerprint density at radius 2 is 2.00 bits per heavy atom. The van der Waals surface area contributed by atoms with Crippen LogP contribution in [0.3, 0.4) is 0 Å². The zero-order valence-electron chi connectivity index (χ0n) is 7.53. The van der Waals surface area contributed by atoms with E-state index in [1.165, 1.54) is 0 Å². The summed E-state index contributed by atoms with van der Waals surface area (Å²) < 4.78 is 13.7. The summed E-state index contributed by atoms with van der Waals surface area (Å²) in [5, 5.41) is 3.43. The molecule has 0 bridgehead atoms. The Morgan fingerprint density at radius 3 is 2.50 bits per heavy atom. The molecule has 0 saturated carbocycles. The summed E-state index contributed by atoms with van der Waals surface area (Å²) in [5.41, 5.74) is -1.55. The fourth-order valence-electron chi connectivity index (χ4n) is 1.27. The van der Waals surface area contributed by atoms with E-state index in [0.717, 1.165) is 6.92 Å². The summed E-state index contributed by atoms with van der Waals surface area (Å²) in [6.45, 7) is 1.15. The molecule has 0 N–H and O–H groups in total. The molecule has 3 nitrogen and oxygen atoms in total. The van der Waals surface area contributed by atoms with Gasteiger partial charge in [-0.05, 0) is 6.92 Å². The summed E-state index contributed by atoms with van der Waals surface area (Å²) in [4.78, 5) is 15.3. The smallest absolute Gasteiger partial charge is 0.314 e. The van der Waals surface area contributed by atoms with Gasteiger partial charge in [0.2, 0.25) is 0 Å². The van der Waals surface area contributed by atoms with Crippen LogP contribution in [0.15, 0.2) is 35.5 Å². The topological polar surface area (TPSA) is 38.7 Å². The fraction of sp³-hybridized carbons (Fsp3) is 0.200. The zero-order chi connectivity index (χ0) is 10.2. The lowest BCUT2D eigenvalue weighted by atomic mass is 9.96. The Balaban J connectivity index is 2.43. The van der Waals surface area contributed by atoms with Crippen molar-refractivity contribution in [1.82, 2.24) is 0 Å². The lowest BCUT2D eigenvalue weighted by molar-refractivity contribution is -0.148. The number of benzene rings is 1. The van der Waals surface area contributed by atoms with Crippen LogP contribution in [-0.4, -0.2) is 17.3 Å². The van der Waals surface area contributed by atoms with E-state index in [2.05, 4.69) is 9.99 Å². The second kappa shape index (κ2) is 2.90. The molecule has 0 aromatic heterocycles. The van der Waals surface area contributed by atoms with Crippen LogP contribution in [0.1, 0.15) is 12.5 Å². The third kappa shape index (κ3) is 1.19. The second-order valence-corrected chi connectivity index (χ2v) is 3.19. The van der Waals surface area contributed by atoms with Gasteiger partial charge in [-0.2, -0.15) is 0 Å². The quantitative estimate of drug-likeness (QED) is 0.636. The normalized spacial score (nSPS) is 25.9. The maximum absolute atomic E-state index is 13.7. The number of nitrogens with zero attached hydrogens (tertiary/aromatic N) is 1. The minimum absolute atomic E-state index is 0.0306. The van der Waals surface area contributed by atoms with Crippen LogP contribution in [0.4, 0.5) is 4.39 Å². The predicted molar refractivity (Wildman–Crippen MR) is 48.6 cm³/mol. The third-order valence-corrected chi connectivity index (χ3v) is 2.10. The molecule has 1 aliphatic rings. The van der Waals surface area contributed by atoms with Gasteiger partial charge in [0, 0.05) is 5.56 Å². The SMILES string of the molecule is C[C@]1(F)C(=O)ON=C1c1ccccc1. The molecule has 0 radical (unpaired) electrons. The molecule has 1 aromatic carbocycles. The summed E-state index contributed by atoms with van der Waals surface area (Å²) in [7, 11) is 0. The highest BCUT2D eigenvalue weighted by Gasteiger charge is 2.47. The van der Waals surface area contributed by atoms with E-state index < -0.39 is 11.6 Å². The van der Waals surface area contributed by atoms with Crippen molar-refractivity contribution in [2.45, 2.75) is 12.6 Å². The molecule has 0 saturated heterocycles. The average Bonchev–Trinajstić information content (AvgIpc) is 2.44. The summed E-state index contributed by atoms with van der Waals surface area (Å²) in [6, 6.07) is 8.65. The number of hydrogen-bond donors (Lipinski definition) is 0. The third-order valence-electron chi connectivity index (χ3n) is 2.10. The Bertz CT molecular complexity index is 398. The van der Waals surface area contributed by atoms with E-state index in [4.69, 9.17) is 0 Å². The van der Waals surface area contributed by atoms with Crippen LogP contribution < -0.4 is 0 Å². The van der Waals surface area contributed by atoms with Crippen LogP contribution in [0, 0.1) is 0 Å². The van der Waals surface area contributed by atoms with E-state index in [9.17, 15) is 9.18 Å². The molecule has 0 spiro atoms. The molecule has 72 valence electrons. The molecule has 14 heavy (non-hydrogen) atoms. The molecule has 1 aliphatic heterocycles. The molecular weight excluding hydrogens is 185 g/mol. The average molecular weight is 193 g/mol. The summed E-state index contributed by atoms with van der Waals surface area (Å²) in [6.07, 6.45) is 0. The lowest BCUT2D eigenvalue weighted by Gasteiger charge is -2.09. The molecule has 1 heterocycles. The van der Waals surface area contributed by atoms with Crippen LogP contribution in [-0.2, 0) is 9.63 Å². The molecule has 1 atom stereocenters. The van der Waals surface area contributed by atoms with Gasteiger partial charge in [-0.3, -0.25) is 0 Å². The maximum atomic E-state index is 13.7. The van der Waals surface area contributed by atoms with Gasteiger partial charge < -0.3 is 4.84 Å². The molecule has 0 unspecified atom stereocenters. The number of hydrogen-bond acceptors (Lipinski definition) is 3. The number of oxime groups is 1. The number of alkyl halides is 1. The van der Waals surface area contributed by atoms with Crippen LogP contribution in [0.25, 0.3) is 0 Å². The molecular formula is C10H8FNO2. The molecule has 0 fully saturated rings. The highest BCUT2D eigenvalue weighted by Crippen LogP contribution is 2.25. The second-order valence-electron chi connectivity index (χ2n) is 3.19. The number of rotatable bonds is 1.